The molecule has 20 heavy (non-hydrogen) atoms. The number of halogens is 1. The Morgan fingerprint density at radius 3 is 2.30 bits per heavy atom. The number of hydrogen-bond donors (Lipinski definition) is 1. The predicted molar refractivity (Wildman–Crippen MR) is 86.3 cm³/mol. The van der Waals surface area contributed by atoms with Gasteiger partial charge in [0.05, 0.1) is 10.6 Å². The summed E-state index contributed by atoms with van der Waals surface area (Å²) in [5.74, 6) is 0.899. The molecule has 5 heteroatoms. The minimum Gasteiger partial charge on any atom is -0.478 e. The van der Waals surface area contributed by atoms with E-state index in [0.29, 0.717) is 0 Å². The monoisotopic (exact) mass is 324 g/mol. The molecule has 0 amide bonds. The van der Waals surface area contributed by atoms with Gasteiger partial charge >= 0.3 is 5.97 Å². The molecule has 2 aromatic rings. The summed E-state index contributed by atoms with van der Waals surface area (Å²) < 4.78 is 0. The zero-order valence-corrected chi connectivity index (χ0v) is 13.0. The van der Waals surface area contributed by atoms with E-state index in [1.807, 2.05) is 24.3 Å². The molecule has 0 spiro atoms. The van der Waals surface area contributed by atoms with Crippen molar-refractivity contribution < 1.29 is 9.90 Å². The highest BCUT2D eigenvalue weighted by Gasteiger charge is 2.09. The molecule has 0 fully saturated rings. The molecule has 0 bridgehead atoms. The van der Waals surface area contributed by atoms with E-state index in [0.717, 1.165) is 16.4 Å². The molecular formula is C15H13ClO2S2. The van der Waals surface area contributed by atoms with Crippen molar-refractivity contribution in [3.05, 3.63) is 59.1 Å². The number of rotatable bonds is 6. The van der Waals surface area contributed by atoms with Crippen molar-refractivity contribution in [2.24, 2.45) is 0 Å². The first-order valence-corrected chi connectivity index (χ1v) is 8.35. The predicted octanol–water partition coefficient (Wildman–Crippen LogP) is 4.92. The first-order chi connectivity index (χ1) is 9.66. The lowest BCUT2D eigenvalue weighted by molar-refractivity contribution is 0.0697. The van der Waals surface area contributed by atoms with Crippen LogP contribution in [0.4, 0.5) is 0 Å². The molecule has 0 atom stereocenters. The molecule has 104 valence electrons. The van der Waals surface area contributed by atoms with Gasteiger partial charge in [-0.2, -0.15) is 0 Å². The standard InChI is InChI=1S/C15H13ClO2S2/c16-14-7-6-12(10-13(14)15(17)18)20-9-8-19-11-4-2-1-3-5-11/h1-7,10H,8-9H2,(H,17,18). The SMILES string of the molecule is O=C(O)c1cc(SCCSc2ccccc2)ccc1Cl. The minimum atomic E-state index is -0.990. The van der Waals surface area contributed by atoms with Gasteiger partial charge < -0.3 is 5.11 Å². The zero-order chi connectivity index (χ0) is 14.4. The highest BCUT2D eigenvalue weighted by molar-refractivity contribution is 8.03. The summed E-state index contributed by atoms with van der Waals surface area (Å²) in [6.07, 6.45) is 0. The van der Waals surface area contributed by atoms with Crippen LogP contribution in [0.3, 0.4) is 0 Å². The van der Waals surface area contributed by atoms with E-state index in [1.165, 1.54) is 4.90 Å². The smallest absolute Gasteiger partial charge is 0.337 e. The van der Waals surface area contributed by atoms with E-state index < -0.39 is 5.97 Å². The third-order valence-electron chi connectivity index (χ3n) is 2.53. The Morgan fingerprint density at radius 1 is 1.00 bits per heavy atom. The number of carboxylic acids is 1. The molecule has 2 nitrogen and oxygen atoms in total. The van der Waals surface area contributed by atoms with Gasteiger partial charge in [0, 0.05) is 21.3 Å². The van der Waals surface area contributed by atoms with Crippen LogP contribution >= 0.6 is 35.1 Å². The Labute approximate surface area is 131 Å². The maximum Gasteiger partial charge on any atom is 0.337 e. The molecule has 0 radical (unpaired) electrons. The van der Waals surface area contributed by atoms with E-state index >= 15 is 0 Å². The van der Waals surface area contributed by atoms with Gasteiger partial charge in [-0.15, -0.1) is 23.5 Å². The number of carboxylic acid groups (broad SMARTS) is 1. The lowest BCUT2D eigenvalue weighted by Crippen LogP contribution is -1.97. The largest absolute Gasteiger partial charge is 0.478 e. The maximum atomic E-state index is 11.0. The summed E-state index contributed by atoms with van der Waals surface area (Å²) in [7, 11) is 0. The summed E-state index contributed by atoms with van der Waals surface area (Å²) in [5.41, 5.74) is 0.160. The second-order valence-corrected chi connectivity index (χ2v) is 6.70. The van der Waals surface area contributed by atoms with Crippen molar-refractivity contribution in [2.45, 2.75) is 9.79 Å². The van der Waals surface area contributed by atoms with Gasteiger partial charge in [-0.3, -0.25) is 0 Å². The fourth-order valence-corrected chi connectivity index (χ4v) is 3.65. The topological polar surface area (TPSA) is 37.3 Å². The second kappa shape index (κ2) is 7.62. The average molecular weight is 325 g/mol. The van der Waals surface area contributed by atoms with E-state index in [2.05, 4.69) is 12.1 Å². The van der Waals surface area contributed by atoms with Crippen molar-refractivity contribution in [1.29, 1.82) is 0 Å². The molecule has 0 aliphatic carbocycles. The molecule has 2 aromatic carbocycles. The molecule has 0 saturated heterocycles. The molecule has 0 unspecified atom stereocenters. The molecule has 0 aliphatic heterocycles. The van der Waals surface area contributed by atoms with Gasteiger partial charge in [0.2, 0.25) is 0 Å². The van der Waals surface area contributed by atoms with E-state index in [4.69, 9.17) is 16.7 Å². The number of benzene rings is 2. The van der Waals surface area contributed by atoms with Gasteiger partial charge in [0.25, 0.3) is 0 Å². The van der Waals surface area contributed by atoms with Crippen molar-refractivity contribution in [1.82, 2.24) is 0 Å². The molecule has 1 N–H and O–H groups in total. The molecule has 0 heterocycles. The van der Waals surface area contributed by atoms with Crippen LogP contribution in [0, 0.1) is 0 Å². The summed E-state index contributed by atoms with van der Waals surface area (Å²) in [5, 5.41) is 9.29. The Morgan fingerprint density at radius 2 is 1.65 bits per heavy atom. The maximum absolute atomic E-state index is 11.0. The number of aromatic carboxylic acids is 1. The first kappa shape index (κ1) is 15.3. The second-order valence-electron chi connectivity index (χ2n) is 3.96. The highest BCUT2D eigenvalue weighted by Crippen LogP contribution is 2.26. The lowest BCUT2D eigenvalue weighted by Gasteiger charge is -2.05. The fourth-order valence-electron chi connectivity index (χ4n) is 1.59. The van der Waals surface area contributed by atoms with Crippen LogP contribution in [0.25, 0.3) is 0 Å². The molecule has 0 aromatic heterocycles. The van der Waals surface area contributed by atoms with Crippen LogP contribution in [0.2, 0.25) is 5.02 Å². The van der Waals surface area contributed by atoms with E-state index in [9.17, 15) is 4.79 Å². The lowest BCUT2D eigenvalue weighted by atomic mass is 10.2. The van der Waals surface area contributed by atoms with Crippen LogP contribution in [-0.2, 0) is 0 Å². The Hall–Kier alpha value is -1.10. The number of carbonyl (C=O) groups is 1. The summed E-state index contributed by atoms with van der Waals surface area (Å²) >= 11 is 9.27. The summed E-state index contributed by atoms with van der Waals surface area (Å²) in [4.78, 5) is 13.2. The molecule has 0 aliphatic rings. The molecular weight excluding hydrogens is 312 g/mol. The van der Waals surface area contributed by atoms with Gasteiger partial charge in [-0.25, -0.2) is 4.79 Å². The highest BCUT2D eigenvalue weighted by atomic mass is 35.5. The molecule has 0 saturated carbocycles. The third-order valence-corrected chi connectivity index (χ3v) is 5.13. The van der Waals surface area contributed by atoms with Crippen LogP contribution in [0.15, 0.2) is 58.3 Å². The van der Waals surface area contributed by atoms with Crippen molar-refractivity contribution in [3.8, 4) is 0 Å². The minimum absolute atomic E-state index is 0.160. The number of thioether (sulfide) groups is 2. The van der Waals surface area contributed by atoms with Crippen LogP contribution in [0.1, 0.15) is 10.4 Å². The quantitative estimate of drug-likeness (QED) is 0.604. The van der Waals surface area contributed by atoms with Gasteiger partial charge in [-0.05, 0) is 30.3 Å². The van der Waals surface area contributed by atoms with E-state index in [1.54, 1.807) is 35.7 Å². The van der Waals surface area contributed by atoms with Gasteiger partial charge in [0.1, 0.15) is 0 Å². The Balaban J connectivity index is 1.85. The van der Waals surface area contributed by atoms with Crippen molar-refractivity contribution >= 4 is 41.1 Å². The summed E-state index contributed by atoms with van der Waals surface area (Å²) in [6.45, 7) is 0. The zero-order valence-electron chi connectivity index (χ0n) is 10.6. The number of hydrogen-bond acceptors (Lipinski definition) is 3. The van der Waals surface area contributed by atoms with Gasteiger partial charge in [-0.1, -0.05) is 29.8 Å². The normalized spacial score (nSPS) is 10.4. The fraction of sp³-hybridized carbons (Fsp3) is 0.133. The summed E-state index contributed by atoms with van der Waals surface area (Å²) in [6, 6.07) is 15.3. The van der Waals surface area contributed by atoms with Gasteiger partial charge in [0.15, 0.2) is 0 Å². The molecule has 2 rings (SSSR count). The van der Waals surface area contributed by atoms with Crippen LogP contribution in [-0.4, -0.2) is 22.6 Å². The van der Waals surface area contributed by atoms with Crippen LogP contribution < -0.4 is 0 Å². The average Bonchev–Trinajstić information content (AvgIpc) is 2.46. The first-order valence-electron chi connectivity index (χ1n) is 6.00. The Kier molecular flexibility index (Phi) is 5.83. The van der Waals surface area contributed by atoms with Crippen molar-refractivity contribution in [2.75, 3.05) is 11.5 Å². The van der Waals surface area contributed by atoms with Crippen molar-refractivity contribution in [3.63, 3.8) is 0 Å². The van der Waals surface area contributed by atoms with E-state index in [-0.39, 0.29) is 10.6 Å². The third kappa shape index (κ3) is 4.47. The Bertz CT molecular complexity index is 588. The van der Waals surface area contributed by atoms with Crippen LogP contribution in [0.5, 0.6) is 0 Å².